The van der Waals surface area contributed by atoms with Gasteiger partial charge >= 0.3 is 5.97 Å². The normalized spacial score (nSPS) is 11.8. The van der Waals surface area contributed by atoms with E-state index in [1.54, 1.807) is 13.0 Å². The third-order valence-corrected chi connectivity index (χ3v) is 2.95. The number of carbonyl (C=O) groups is 2. The third-order valence-electron chi connectivity index (χ3n) is 2.95. The average molecular weight is 273 g/mol. The Bertz CT molecular complexity index is 603. The second-order valence-corrected chi connectivity index (χ2v) is 4.49. The van der Waals surface area contributed by atoms with Gasteiger partial charge < -0.3 is 14.8 Å². The number of aliphatic carboxylic acids is 1. The van der Waals surface area contributed by atoms with Crippen molar-refractivity contribution in [3.05, 3.63) is 59.5 Å². The fraction of sp³-hybridized carbons (Fsp3) is 0.200. The van der Waals surface area contributed by atoms with Crippen LogP contribution in [0.25, 0.3) is 0 Å². The molecule has 2 rings (SSSR count). The van der Waals surface area contributed by atoms with Gasteiger partial charge in [-0.3, -0.25) is 4.79 Å². The van der Waals surface area contributed by atoms with E-state index >= 15 is 0 Å². The Morgan fingerprint density at radius 2 is 1.95 bits per heavy atom. The van der Waals surface area contributed by atoms with E-state index in [9.17, 15) is 14.7 Å². The summed E-state index contributed by atoms with van der Waals surface area (Å²) in [7, 11) is 0. The van der Waals surface area contributed by atoms with Crippen LogP contribution in [-0.4, -0.2) is 23.0 Å². The number of carboxylic acids is 1. The minimum Gasteiger partial charge on any atom is -0.480 e. The van der Waals surface area contributed by atoms with Gasteiger partial charge in [0.15, 0.2) is 5.76 Å². The van der Waals surface area contributed by atoms with Gasteiger partial charge in [0.1, 0.15) is 6.04 Å². The van der Waals surface area contributed by atoms with Gasteiger partial charge in [0.25, 0.3) is 5.91 Å². The minimum atomic E-state index is -1.08. The largest absolute Gasteiger partial charge is 0.480 e. The van der Waals surface area contributed by atoms with Crippen molar-refractivity contribution in [2.24, 2.45) is 0 Å². The molecule has 0 saturated carbocycles. The van der Waals surface area contributed by atoms with Gasteiger partial charge in [0, 0.05) is 12.0 Å². The molecule has 0 aliphatic rings. The molecule has 0 aliphatic carbocycles. The van der Waals surface area contributed by atoms with Crippen LogP contribution in [0.15, 0.2) is 47.1 Å². The molecule has 0 saturated heterocycles. The molecule has 0 unspecified atom stereocenters. The van der Waals surface area contributed by atoms with Crippen molar-refractivity contribution in [3.8, 4) is 0 Å². The average Bonchev–Trinajstić information content (AvgIpc) is 2.85. The first-order valence-corrected chi connectivity index (χ1v) is 6.19. The molecular weight excluding hydrogens is 258 g/mol. The fourth-order valence-electron chi connectivity index (χ4n) is 1.88. The summed E-state index contributed by atoms with van der Waals surface area (Å²) >= 11 is 0. The number of carbonyl (C=O) groups excluding carboxylic acids is 1. The Kier molecular flexibility index (Phi) is 4.20. The van der Waals surface area contributed by atoms with E-state index in [1.807, 2.05) is 30.3 Å². The van der Waals surface area contributed by atoms with Crippen LogP contribution >= 0.6 is 0 Å². The minimum absolute atomic E-state index is 0.143. The molecule has 1 aromatic heterocycles. The summed E-state index contributed by atoms with van der Waals surface area (Å²) in [6.07, 6.45) is 1.62. The van der Waals surface area contributed by atoms with Crippen molar-refractivity contribution in [1.29, 1.82) is 0 Å². The summed E-state index contributed by atoms with van der Waals surface area (Å²) in [5, 5.41) is 11.7. The summed E-state index contributed by atoms with van der Waals surface area (Å²) in [4.78, 5) is 23.2. The van der Waals surface area contributed by atoms with Gasteiger partial charge in [0.2, 0.25) is 0 Å². The van der Waals surface area contributed by atoms with Gasteiger partial charge in [-0.25, -0.2) is 4.79 Å². The molecule has 104 valence electrons. The maximum absolute atomic E-state index is 12.0. The summed E-state index contributed by atoms with van der Waals surface area (Å²) in [5.41, 5.74) is 1.52. The zero-order chi connectivity index (χ0) is 14.5. The lowest BCUT2D eigenvalue weighted by molar-refractivity contribution is -0.139. The van der Waals surface area contributed by atoms with Gasteiger partial charge in [-0.05, 0) is 18.6 Å². The van der Waals surface area contributed by atoms with Crippen LogP contribution in [0.3, 0.4) is 0 Å². The van der Waals surface area contributed by atoms with E-state index in [4.69, 9.17) is 4.42 Å². The zero-order valence-corrected chi connectivity index (χ0v) is 11.0. The van der Waals surface area contributed by atoms with Crippen molar-refractivity contribution in [2.45, 2.75) is 19.4 Å². The number of amides is 1. The number of hydrogen-bond donors (Lipinski definition) is 2. The standard InChI is InChI=1S/C15H15NO4/c1-10-7-8-20-13(10)14(17)16-12(15(18)19)9-11-5-3-2-4-6-11/h2-8,12H,9H2,1H3,(H,16,17)(H,18,19)/t12-/m1/s1. The fourth-order valence-corrected chi connectivity index (χ4v) is 1.88. The Labute approximate surface area is 116 Å². The molecule has 1 atom stereocenters. The van der Waals surface area contributed by atoms with Crippen LogP contribution in [0.2, 0.25) is 0 Å². The predicted molar refractivity (Wildman–Crippen MR) is 72.5 cm³/mol. The van der Waals surface area contributed by atoms with Crippen molar-refractivity contribution in [3.63, 3.8) is 0 Å². The van der Waals surface area contributed by atoms with E-state index in [0.29, 0.717) is 5.56 Å². The van der Waals surface area contributed by atoms with Crippen LogP contribution in [0.5, 0.6) is 0 Å². The highest BCUT2D eigenvalue weighted by Gasteiger charge is 2.23. The molecule has 1 aromatic carbocycles. The Balaban J connectivity index is 2.09. The molecule has 0 radical (unpaired) electrons. The Morgan fingerprint density at radius 1 is 1.25 bits per heavy atom. The van der Waals surface area contributed by atoms with Crippen molar-refractivity contribution < 1.29 is 19.1 Å². The monoisotopic (exact) mass is 273 g/mol. The maximum Gasteiger partial charge on any atom is 0.326 e. The van der Waals surface area contributed by atoms with E-state index in [1.165, 1.54) is 6.26 Å². The molecule has 2 aromatic rings. The first-order valence-electron chi connectivity index (χ1n) is 6.19. The van der Waals surface area contributed by atoms with Crippen LogP contribution in [-0.2, 0) is 11.2 Å². The molecule has 1 heterocycles. The molecule has 0 aliphatic heterocycles. The van der Waals surface area contributed by atoms with Gasteiger partial charge in [-0.15, -0.1) is 0 Å². The number of aryl methyl sites for hydroxylation is 1. The van der Waals surface area contributed by atoms with Crippen LogP contribution in [0.1, 0.15) is 21.7 Å². The lowest BCUT2D eigenvalue weighted by Crippen LogP contribution is -2.42. The van der Waals surface area contributed by atoms with Gasteiger partial charge in [0.05, 0.1) is 6.26 Å². The smallest absolute Gasteiger partial charge is 0.326 e. The SMILES string of the molecule is Cc1ccoc1C(=O)N[C@H](Cc1ccccc1)C(=O)O. The zero-order valence-electron chi connectivity index (χ0n) is 11.0. The molecular formula is C15H15NO4. The molecule has 0 spiro atoms. The molecule has 5 heteroatoms. The van der Waals surface area contributed by atoms with Crippen molar-refractivity contribution >= 4 is 11.9 Å². The number of carboxylic acid groups (broad SMARTS) is 1. The number of hydrogen-bond acceptors (Lipinski definition) is 3. The predicted octanol–water partition coefficient (Wildman–Crippen LogP) is 2.01. The van der Waals surface area contributed by atoms with Gasteiger partial charge in [-0.2, -0.15) is 0 Å². The highest BCUT2D eigenvalue weighted by atomic mass is 16.4. The maximum atomic E-state index is 12.0. The van der Waals surface area contributed by atoms with Crippen molar-refractivity contribution in [1.82, 2.24) is 5.32 Å². The van der Waals surface area contributed by atoms with E-state index in [0.717, 1.165) is 5.56 Å². The topological polar surface area (TPSA) is 79.5 Å². The Hall–Kier alpha value is -2.56. The van der Waals surface area contributed by atoms with E-state index in [2.05, 4.69) is 5.32 Å². The molecule has 2 N–H and O–H groups in total. The second-order valence-electron chi connectivity index (χ2n) is 4.49. The molecule has 20 heavy (non-hydrogen) atoms. The van der Waals surface area contributed by atoms with Gasteiger partial charge in [-0.1, -0.05) is 30.3 Å². The van der Waals surface area contributed by atoms with Crippen molar-refractivity contribution in [2.75, 3.05) is 0 Å². The molecule has 1 amide bonds. The number of nitrogens with one attached hydrogen (secondary N) is 1. The highest BCUT2D eigenvalue weighted by Crippen LogP contribution is 2.10. The highest BCUT2D eigenvalue weighted by molar-refractivity contribution is 5.95. The Morgan fingerprint density at radius 3 is 2.50 bits per heavy atom. The number of rotatable bonds is 5. The molecule has 0 bridgehead atoms. The van der Waals surface area contributed by atoms with E-state index in [-0.39, 0.29) is 12.2 Å². The first kappa shape index (κ1) is 13.9. The first-order chi connectivity index (χ1) is 9.58. The lowest BCUT2D eigenvalue weighted by atomic mass is 10.1. The quantitative estimate of drug-likeness (QED) is 0.873. The second kappa shape index (κ2) is 6.06. The number of furan rings is 1. The number of benzene rings is 1. The molecule has 0 fully saturated rings. The summed E-state index contributed by atoms with van der Waals surface area (Å²) in [6.45, 7) is 1.73. The van der Waals surface area contributed by atoms with Crippen LogP contribution < -0.4 is 5.32 Å². The van der Waals surface area contributed by atoms with Crippen LogP contribution in [0, 0.1) is 6.92 Å². The van der Waals surface area contributed by atoms with E-state index < -0.39 is 17.9 Å². The summed E-state index contributed by atoms with van der Waals surface area (Å²) in [5.74, 6) is -1.45. The molecule has 5 nitrogen and oxygen atoms in total. The summed E-state index contributed by atoms with van der Waals surface area (Å²) in [6, 6.07) is 9.81. The van der Waals surface area contributed by atoms with Crippen LogP contribution in [0.4, 0.5) is 0 Å². The third kappa shape index (κ3) is 3.26. The summed E-state index contributed by atoms with van der Waals surface area (Å²) < 4.78 is 5.05. The lowest BCUT2D eigenvalue weighted by Gasteiger charge is -2.14.